The number of likely N-dealkylation sites (tertiary alicyclic amines) is 1. The summed E-state index contributed by atoms with van der Waals surface area (Å²) in [5.74, 6) is 1.02. The zero-order chi connectivity index (χ0) is 22.8. The third kappa shape index (κ3) is 4.80. The van der Waals surface area contributed by atoms with Gasteiger partial charge in [0.05, 0.1) is 12.2 Å². The minimum absolute atomic E-state index is 0.0741. The first-order valence-electron chi connectivity index (χ1n) is 10.8. The third-order valence-electron chi connectivity index (χ3n) is 6.20. The molecule has 31 heavy (non-hydrogen) atoms. The molecule has 0 radical (unpaired) electrons. The van der Waals surface area contributed by atoms with E-state index in [4.69, 9.17) is 4.74 Å². The summed E-state index contributed by atoms with van der Waals surface area (Å²) in [4.78, 5) is 15.2. The SMILES string of the molecule is CCOc1ccccc1CNS(=O)(=O)c1c(C(=O)N2CCC(C)CC2)c(C)n(C)c1C. The van der Waals surface area contributed by atoms with Crippen LogP contribution in [0.3, 0.4) is 0 Å². The van der Waals surface area contributed by atoms with Gasteiger partial charge in [0.2, 0.25) is 10.0 Å². The standard InChI is InChI=1S/C23H33N3O4S/c1-6-30-20-10-8-7-9-19(20)15-24-31(28,29)22-18(4)25(5)17(3)21(22)23(27)26-13-11-16(2)12-14-26/h7-10,16,24H,6,11-15H2,1-5H3. The van der Waals surface area contributed by atoms with Gasteiger partial charge in [0.25, 0.3) is 5.91 Å². The fourth-order valence-corrected chi connectivity index (χ4v) is 5.58. The number of carbonyl (C=O) groups is 1. The first-order chi connectivity index (χ1) is 14.7. The quantitative estimate of drug-likeness (QED) is 0.706. The molecule has 1 saturated heterocycles. The van der Waals surface area contributed by atoms with E-state index in [1.54, 1.807) is 30.4 Å². The number of para-hydroxylation sites is 1. The van der Waals surface area contributed by atoms with Crippen LogP contribution in [0.25, 0.3) is 0 Å². The maximum atomic E-state index is 13.4. The highest BCUT2D eigenvalue weighted by atomic mass is 32.2. The Balaban J connectivity index is 1.92. The van der Waals surface area contributed by atoms with Gasteiger partial charge in [-0.15, -0.1) is 0 Å². The van der Waals surface area contributed by atoms with Crippen molar-refractivity contribution in [2.75, 3.05) is 19.7 Å². The van der Waals surface area contributed by atoms with Crippen LogP contribution in [0.15, 0.2) is 29.2 Å². The fourth-order valence-electron chi connectivity index (χ4n) is 4.06. The van der Waals surface area contributed by atoms with Crippen LogP contribution in [0.4, 0.5) is 0 Å². The molecule has 0 spiro atoms. The van der Waals surface area contributed by atoms with Gasteiger partial charge in [0.1, 0.15) is 10.6 Å². The van der Waals surface area contributed by atoms with Crippen molar-refractivity contribution in [2.45, 2.75) is 52.0 Å². The minimum Gasteiger partial charge on any atom is -0.494 e. The lowest BCUT2D eigenvalue weighted by Gasteiger charge is -2.30. The largest absolute Gasteiger partial charge is 0.494 e. The van der Waals surface area contributed by atoms with Gasteiger partial charge in [-0.2, -0.15) is 0 Å². The van der Waals surface area contributed by atoms with Crippen LogP contribution in [0.5, 0.6) is 5.75 Å². The molecule has 1 aromatic heterocycles. The van der Waals surface area contributed by atoms with Crippen LogP contribution in [0, 0.1) is 19.8 Å². The molecule has 1 fully saturated rings. The number of nitrogens with one attached hydrogen (secondary N) is 1. The van der Waals surface area contributed by atoms with E-state index < -0.39 is 10.0 Å². The Kier molecular flexibility index (Phi) is 7.11. The monoisotopic (exact) mass is 447 g/mol. The molecule has 0 unspecified atom stereocenters. The Labute approximate surface area is 185 Å². The molecule has 1 aliphatic heterocycles. The summed E-state index contributed by atoms with van der Waals surface area (Å²) in [5.41, 5.74) is 2.24. The summed E-state index contributed by atoms with van der Waals surface area (Å²) >= 11 is 0. The summed E-state index contributed by atoms with van der Waals surface area (Å²) in [6.45, 7) is 9.50. The number of ether oxygens (including phenoxy) is 1. The number of hydrogen-bond donors (Lipinski definition) is 1. The Hall–Kier alpha value is -2.32. The molecule has 1 amide bonds. The lowest BCUT2D eigenvalue weighted by Crippen LogP contribution is -2.39. The van der Waals surface area contributed by atoms with E-state index in [1.807, 2.05) is 31.2 Å². The molecule has 1 aliphatic rings. The van der Waals surface area contributed by atoms with Crippen LogP contribution < -0.4 is 9.46 Å². The van der Waals surface area contributed by atoms with Crippen molar-refractivity contribution in [3.8, 4) is 5.75 Å². The van der Waals surface area contributed by atoms with E-state index in [2.05, 4.69) is 11.6 Å². The van der Waals surface area contributed by atoms with Crippen molar-refractivity contribution in [1.82, 2.24) is 14.2 Å². The Bertz CT molecular complexity index is 1050. The van der Waals surface area contributed by atoms with Crippen LogP contribution in [-0.2, 0) is 23.6 Å². The van der Waals surface area contributed by atoms with Crippen LogP contribution >= 0.6 is 0 Å². The average Bonchev–Trinajstić information content (AvgIpc) is 2.98. The number of benzene rings is 1. The Morgan fingerprint density at radius 1 is 1.16 bits per heavy atom. The molecule has 2 aromatic rings. The topological polar surface area (TPSA) is 80.6 Å². The zero-order valence-corrected chi connectivity index (χ0v) is 19.9. The van der Waals surface area contributed by atoms with Crippen molar-refractivity contribution in [2.24, 2.45) is 13.0 Å². The van der Waals surface area contributed by atoms with Crippen molar-refractivity contribution < 1.29 is 17.9 Å². The first kappa shape index (κ1) is 23.3. The molecule has 7 nitrogen and oxygen atoms in total. The molecule has 0 atom stereocenters. The van der Waals surface area contributed by atoms with Crippen LogP contribution in [0.2, 0.25) is 0 Å². The van der Waals surface area contributed by atoms with E-state index in [1.165, 1.54) is 0 Å². The molecule has 1 N–H and O–H groups in total. The van der Waals surface area contributed by atoms with Crippen molar-refractivity contribution >= 4 is 15.9 Å². The predicted molar refractivity (Wildman–Crippen MR) is 121 cm³/mol. The maximum absolute atomic E-state index is 13.4. The van der Waals surface area contributed by atoms with E-state index >= 15 is 0 Å². The molecule has 2 heterocycles. The summed E-state index contributed by atoms with van der Waals surface area (Å²) in [7, 11) is -2.13. The van der Waals surface area contributed by atoms with Gasteiger partial charge in [-0.1, -0.05) is 25.1 Å². The first-order valence-corrected chi connectivity index (χ1v) is 12.3. The number of rotatable bonds is 7. The summed E-state index contributed by atoms with van der Waals surface area (Å²) in [6, 6.07) is 7.34. The Morgan fingerprint density at radius 3 is 2.45 bits per heavy atom. The number of amides is 1. The van der Waals surface area contributed by atoms with E-state index in [-0.39, 0.29) is 22.9 Å². The lowest BCUT2D eigenvalue weighted by atomic mass is 9.98. The molecule has 0 bridgehead atoms. The van der Waals surface area contributed by atoms with Gasteiger partial charge in [-0.3, -0.25) is 4.79 Å². The molecule has 0 saturated carbocycles. The van der Waals surface area contributed by atoms with Gasteiger partial charge in [-0.05, 0) is 45.6 Å². The molecule has 8 heteroatoms. The van der Waals surface area contributed by atoms with Gasteiger partial charge in [0.15, 0.2) is 0 Å². The second-order valence-electron chi connectivity index (χ2n) is 8.27. The normalized spacial score (nSPS) is 15.3. The second kappa shape index (κ2) is 9.44. The fraction of sp³-hybridized carbons (Fsp3) is 0.522. The number of aromatic nitrogens is 1. The summed E-state index contributed by atoms with van der Waals surface area (Å²) in [6.07, 6.45) is 1.87. The molecule has 1 aromatic carbocycles. The van der Waals surface area contributed by atoms with Crippen LogP contribution in [0.1, 0.15) is 54.0 Å². The number of nitrogens with zero attached hydrogens (tertiary/aromatic N) is 2. The number of sulfonamides is 1. The minimum atomic E-state index is -3.92. The van der Waals surface area contributed by atoms with Gasteiger partial charge >= 0.3 is 0 Å². The third-order valence-corrected chi connectivity index (χ3v) is 7.76. The second-order valence-corrected chi connectivity index (χ2v) is 9.98. The van der Waals surface area contributed by atoms with E-state index in [0.29, 0.717) is 42.8 Å². The molecular weight excluding hydrogens is 414 g/mol. The maximum Gasteiger partial charge on any atom is 0.257 e. The molecule has 3 rings (SSSR count). The summed E-state index contributed by atoms with van der Waals surface area (Å²) < 4.78 is 36.8. The van der Waals surface area contributed by atoms with Gasteiger partial charge < -0.3 is 14.2 Å². The van der Waals surface area contributed by atoms with E-state index in [0.717, 1.165) is 18.4 Å². The highest BCUT2D eigenvalue weighted by Gasteiger charge is 2.33. The van der Waals surface area contributed by atoms with Gasteiger partial charge in [-0.25, -0.2) is 13.1 Å². The highest BCUT2D eigenvalue weighted by Crippen LogP contribution is 2.29. The van der Waals surface area contributed by atoms with Crippen molar-refractivity contribution in [3.05, 3.63) is 46.8 Å². The zero-order valence-electron chi connectivity index (χ0n) is 19.1. The Morgan fingerprint density at radius 2 is 1.81 bits per heavy atom. The number of hydrogen-bond acceptors (Lipinski definition) is 4. The van der Waals surface area contributed by atoms with Crippen molar-refractivity contribution in [3.63, 3.8) is 0 Å². The molecule has 170 valence electrons. The van der Waals surface area contributed by atoms with Crippen molar-refractivity contribution in [1.29, 1.82) is 0 Å². The van der Waals surface area contributed by atoms with Gasteiger partial charge in [0, 0.05) is 43.6 Å². The smallest absolute Gasteiger partial charge is 0.257 e. The van der Waals surface area contributed by atoms with Crippen LogP contribution in [-0.4, -0.2) is 43.5 Å². The average molecular weight is 448 g/mol. The highest BCUT2D eigenvalue weighted by molar-refractivity contribution is 7.89. The molecule has 0 aliphatic carbocycles. The summed E-state index contributed by atoms with van der Waals surface area (Å²) in [5, 5.41) is 0. The lowest BCUT2D eigenvalue weighted by molar-refractivity contribution is 0.0692. The molecular formula is C23H33N3O4S. The van der Waals surface area contributed by atoms with E-state index in [9.17, 15) is 13.2 Å². The predicted octanol–water partition coefficient (Wildman–Crippen LogP) is 3.39. The number of piperidine rings is 1. The number of carbonyl (C=O) groups excluding carboxylic acids is 1.